The van der Waals surface area contributed by atoms with Gasteiger partial charge in [-0.1, -0.05) is 13.8 Å². The van der Waals surface area contributed by atoms with E-state index in [1.807, 2.05) is 0 Å². The van der Waals surface area contributed by atoms with Crippen molar-refractivity contribution in [2.24, 2.45) is 17.8 Å². The molecule has 0 bridgehead atoms. The zero-order valence-electron chi connectivity index (χ0n) is 10.7. The first kappa shape index (κ1) is 11.9. The minimum absolute atomic E-state index is 0.312. The van der Waals surface area contributed by atoms with Crippen LogP contribution in [0.5, 0.6) is 0 Å². The highest BCUT2D eigenvalue weighted by Crippen LogP contribution is 2.30. The van der Waals surface area contributed by atoms with Crippen LogP contribution < -0.4 is 5.32 Å². The highest BCUT2D eigenvalue weighted by molar-refractivity contribution is 5.79. The molecule has 16 heavy (non-hydrogen) atoms. The van der Waals surface area contributed by atoms with E-state index < -0.39 is 0 Å². The van der Waals surface area contributed by atoms with Gasteiger partial charge in [-0.15, -0.1) is 0 Å². The van der Waals surface area contributed by atoms with Crippen LogP contribution in [-0.2, 0) is 4.79 Å². The van der Waals surface area contributed by atoms with Crippen LogP contribution in [0.25, 0.3) is 0 Å². The molecule has 2 fully saturated rings. The Morgan fingerprint density at radius 3 is 2.12 bits per heavy atom. The van der Waals surface area contributed by atoms with Crippen LogP contribution in [0.2, 0.25) is 0 Å². The molecular weight excluding hydrogens is 198 g/mol. The Balaban J connectivity index is 1.75. The second-order valence-corrected chi connectivity index (χ2v) is 6.08. The SMILES string of the molecule is CC1CCC(C(=O)NC2CCC(C)C2)CC1. The maximum Gasteiger partial charge on any atom is 0.223 e. The lowest BCUT2D eigenvalue weighted by molar-refractivity contribution is -0.126. The molecule has 1 amide bonds. The number of rotatable bonds is 2. The molecule has 0 aliphatic heterocycles. The standard InChI is InChI=1S/C14H25NO/c1-10-3-6-12(7-4-10)14(16)15-13-8-5-11(2)9-13/h10-13H,3-9H2,1-2H3,(H,15,16). The topological polar surface area (TPSA) is 29.1 Å². The van der Waals surface area contributed by atoms with Crippen molar-refractivity contribution in [1.29, 1.82) is 0 Å². The van der Waals surface area contributed by atoms with Crippen molar-refractivity contribution in [3.8, 4) is 0 Å². The summed E-state index contributed by atoms with van der Waals surface area (Å²) in [5, 5.41) is 3.25. The molecule has 2 aliphatic carbocycles. The molecule has 0 aromatic rings. The first-order valence-corrected chi connectivity index (χ1v) is 6.95. The number of nitrogens with one attached hydrogen (secondary N) is 1. The fourth-order valence-corrected chi connectivity index (χ4v) is 3.18. The summed E-state index contributed by atoms with van der Waals surface area (Å²) in [5.41, 5.74) is 0. The van der Waals surface area contributed by atoms with Crippen LogP contribution in [-0.4, -0.2) is 11.9 Å². The summed E-state index contributed by atoms with van der Waals surface area (Å²) in [7, 11) is 0. The van der Waals surface area contributed by atoms with Crippen molar-refractivity contribution in [1.82, 2.24) is 5.32 Å². The van der Waals surface area contributed by atoms with Gasteiger partial charge in [0.1, 0.15) is 0 Å². The van der Waals surface area contributed by atoms with Gasteiger partial charge in [0.05, 0.1) is 0 Å². The van der Waals surface area contributed by atoms with Crippen LogP contribution >= 0.6 is 0 Å². The molecule has 1 N–H and O–H groups in total. The van der Waals surface area contributed by atoms with E-state index in [1.165, 1.54) is 32.1 Å². The molecule has 2 rings (SSSR count). The molecule has 92 valence electrons. The van der Waals surface area contributed by atoms with E-state index in [-0.39, 0.29) is 0 Å². The minimum Gasteiger partial charge on any atom is -0.353 e. The smallest absolute Gasteiger partial charge is 0.223 e. The lowest BCUT2D eigenvalue weighted by Gasteiger charge is -2.26. The number of amides is 1. The first-order valence-electron chi connectivity index (χ1n) is 6.95. The van der Waals surface area contributed by atoms with E-state index in [1.54, 1.807) is 0 Å². The van der Waals surface area contributed by atoms with Gasteiger partial charge in [0.15, 0.2) is 0 Å². The molecule has 2 atom stereocenters. The molecule has 2 unspecified atom stereocenters. The normalized spacial score (nSPS) is 39.6. The van der Waals surface area contributed by atoms with Crippen LogP contribution in [0.15, 0.2) is 0 Å². The quantitative estimate of drug-likeness (QED) is 0.765. The van der Waals surface area contributed by atoms with E-state index in [9.17, 15) is 4.79 Å². The third-order valence-electron chi connectivity index (χ3n) is 4.43. The average Bonchev–Trinajstić information content (AvgIpc) is 2.65. The van der Waals surface area contributed by atoms with E-state index in [0.29, 0.717) is 17.9 Å². The lowest BCUT2D eigenvalue weighted by atomic mass is 9.82. The molecule has 0 aromatic heterocycles. The number of carbonyl (C=O) groups excluding carboxylic acids is 1. The highest BCUT2D eigenvalue weighted by atomic mass is 16.1. The van der Waals surface area contributed by atoms with Gasteiger partial charge in [0, 0.05) is 12.0 Å². The lowest BCUT2D eigenvalue weighted by Crippen LogP contribution is -2.38. The fraction of sp³-hybridized carbons (Fsp3) is 0.929. The third-order valence-corrected chi connectivity index (χ3v) is 4.43. The Morgan fingerprint density at radius 1 is 0.938 bits per heavy atom. The Labute approximate surface area is 99.2 Å². The summed E-state index contributed by atoms with van der Waals surface area (Å²) >= 11 is 0. The third kappa shape index (κ3) is 2.99. The molecule has 2 aliphatic rings. The summed E-state index contributed by atoms with van der Waals surface area (Å²) in [5.74, 6) is 2.28. The molecule has 2 heteroatoms. The monoisotopic (exact) mass is 223 g/mol. The van der Waals surface area contributed by atoms with E-state index in [0.717, 1.165) is 24.7 Å². The largest absolute Gasteiger partial charge is 0.353 e. The van der Waals surface area contributed by atoms with Gasteiger partial charge in [-0.2, -0.15) is 0 Å². The van der Waals surface area contributed by atoms with E-state index in [2.05, 4.69) is 19.2 Å². The summed E-state index contributed by atoms with van der Waals surface area (Å²) < 4.78 is 0. The first-order chi connectivity index (χ1) is 7.65. The van der Waals surface area contributed by atoms with Crippen LogP contribution in [0.3, 0.4) is 0 Å². The Bertz CT molecular complexity index is 243. The molecule has 0 radical (unpaired) electrons. The molecule has 2 nitrogen and oxygen atoms in total. The maximum absolute atomic E-state index is 12.1. The summed E-state index contributed by atoms with van der Waals surface area (Å²) in [4.78, 5) is 12.1. The maximum atomic E-state index is 12.1. The molecule has 0 spiro atoms. The number of hydrogen-bond acceptors (Lipinski definition) is 1. The van der Waals surface area contributed by atoms with Gasteiger partial charge >= 0.3 is 0 Å². The van der Waals surface area contributed by atoms with Gasteiger partial charge in [0.25, 0.3) is 0 Å². The van der Waals surface area contributed by atoms with Gasteiger partial charge in [-0.3, -0.25) is 4.79 Å². The average molecular weight is 223 g/mol. The van der Waals surface area contributed by atoms with Gasteiger partial charge in [0.2, 0.25) is 5.91 Å². The molecule has 0 saturated heterocycles. The second-order valence-electron chi connectivity index (χ2n) is 6.08. The molecule has 0 aromatic carbocycles. The zero-order chi connectivity index (χ0) is 11.5. The molecule has 2 saturated carbocycles. The van der Waals surface area contributed by atoms with Gasteiger partial charge in [-0.05, 0) is 56.8 Å². The van der Waals surface area contributed by atoms with Crippen LogP contribution in [0.1, 0.15) is 58.8 Å². The molecule has 0 heterocycles. The molecular formula is C14H25NO. The summed E-state index contributed by atoms with van der Waals surface area (Å²) in [6.45, 7) is 4.58. The predicted octanol–water partition coefficient (Wildman–Crippen LogP) is 3.12. The fourth-order valence-electron chi connectivity index (χ4n) is 3.18. The van der Waals surface area contributed by atoms with Crippen molar-refractivity contribution in [2.75, 3.05) is 0 Å². The van der Waals surface area contributed by atoms with Gasteiger partial charge in [-0.25, -0.2) is 0 Å². The summed E-state index contributed by atoms with van der Waals surface area (Å²) in [6.07, 6.45) is 8.35. The van der Waals surface area contributed by atoms with Gasteiger partial charge < -0.3 is 5.32 Å². The zero-order valence-corrected chi connectivity index (χ0v) is 10.7. The Kier molecular flexibility index (Phi) is 3.88. The second kappa shape index (κ2) is 5.20. The Morgan fingerprint density at radius 2 is 1.56 bits per heavy atom. The van der Waals surface area contributed by atoms with Crippen molar-refractivity contribution >= 4 is 5.91 Å². The van der Waals surface area contributed by atoms with Crippen molar-refractivity contribution in [3.63, 3.8) is 0 Å². The highest BCUT2D eigenvalue weighted by Gasteiger charge is 2.28. The van der Waals surface area contributed by atoms with Crippen LogP contribution in [0, 0.1) is 17.8 Å². The predicted molar refractivity (Wildman–Crippen MR) is 66.1 cm³/mol. The Hall–Kier alpha value is -0.530. The van der Waals surface area contributed by atoms with Crippen molar-refractivity contribution < 1.29 is 4.79 Å². The van der Waals surface area contributed by atoms with Crippen molar-refractivity contribution in [3.05, 3.63) is 0 Å². The summed E-state index contributed by atoms with van der Waals surface area (Å²) in [6, 6.07) is 0.474. The van der Waals surface area contributed by atoms with E-state index >= 15 is 0 Å². The van der Waals surface area contributed by atoms with Crippen LogP contribution in [0.4, 0.5) is 0 Å². The minimum atomic E-state index is 0.312. The number of carbonyl (C=O) groups is 1. The van der Waals surface area contributed by atoms with E-state index in [4.69, 9.17) is 0 Å². The number of hydrogen-bond donors (Lipinski definition) is 1. The van der Waals surface area contributed by atoms with Crippen molar-refractivity contribution in [2.45, 2.75) is 64.8 Å².